The second-order valence-electron chi connectivity index (χ2n) is 3.71. The summed E-state index contributed by atoms with van der Waals surface area (Å²) in [6.07, 6.45) is 2.06. The van der Waals surface area contributed by atoms with Crippen LogP contribution in [0.4, 0.5) is 0 Å². The summed E-state index contributed by atoms with van der Waals surface area (Å²) in [6.45, 7) is 5.74. The van der Waals surface area contributed by atoms with E-state index < -0.39 is 0 Å². The molecule has 11 heavy (non-hydrogen) atoms. The lowest BCUT2D eigenvalue weighted by molar-refractivity contribution is -0.0265. The number of aliphatic hydroxyl groups excluding tert-OH is 1. The highest BCUT2D eigenvalue weighted by Gasteiger charge is 2.24. The van der Waals surface area contributed by atoms with Gasteiger partial charge in [0.15, 0.2) is 0 Å². The van der Waals surface area contributed by atoms with Gasteiger partial charge in [-0.15, -0.1) is 0 Å². The molecule has 0 aromatic carbocycles. The Labute approximate surface area is 68.6 Å². The van der Waals surface area contributed by atoms with Gasteiger partial charge in [-0.1, -0.05) is 13.8 Å². The summed E-state index contributed by atoms with van der Waals surface area (Å²) in [6, 6.07) is 0. The van der Waals surface area contributed by atoms with Crippen molar-refractivity contribution in [3.05, 3.63) is 0 Å². The fraction of sp³-hybridized carbons (Fsp3) is 1.00. The molecule has 1 N–H and O–H groups in total. The zero-order valence-electron chi connectivity index (χ0n) is 7.42. The van der Waals surface area contributed by atoms with Crippen molar-refractivity contribution >= 4 is 0 Å². The average molecular weight is 158 g/mol. The summed E-state index contributed by atoms with van der Waals surface area (Å²) in [5, 5.41) is 9.67. The van der Waals surface area contributed by atoms with Crippen molar-refractivity contribution in [3.63, 3.8) is 0 Å². The van der Waals surface area contributed by atoms with Crippen molar-refractivity contribution in [2.75, 3.05) is 13.2 Å². The molecule has 0 saturated carbocycles. The van der Waals surface area contributed by atoms with Gasteiger partial charge < -0.3 is 9.84 Å². The molecule has 0 bridgehead atoms. The monoisotopic (exact) mass is 158 g/mol. The van der Waals surface area contributed by atoms with Crippen molar-refractivity contribution in [1.82, 2.24) is 0 Å². The Morgan fingerprint density at radius 1 is 1.45 bits per heavy atom. The highest BCUT2D eigenvalue weighted by Crippen LogP contribution is 2.21. The Bertz CT molecular complexity index is 106. The van der Waals surface area contributed by atoms with Gasteiger partial charge in [0.25, 0.3) is 0 Å². The van der Waals surface area contributed by atoms with Gasteiger partial charge in [0.1, 0.15) is 0 Å². The molecule has 0 amide bonds. The van der Waals surface area contributed by atoms with Crippen molar-refractivity contribution in [1.29, 1.82) is 0 Å². The van der Waals surface area contributed by atoms with Crippen molar-refractivity contribution in [2.24, 2.45) is 11.8 Å². The van der Waals surface area contributed by atoms with Crippen molar-refractivity contribution in [2.45, 2.75) is 32.8 Å². The Hall–Kier alpha value is -0.0800. The number of hydrogen-bond acceptors (Lipinski definition) is 2. The minimum Gasteiger partial charge on any atom is -0.392 e. The number of hydrogen-bond donors (Lipinski definition) is 1. The molecule has 0 unspecified atom stereocenters. The number of rotatable bonds is 2. The van der Waals surface area contributed by atoms with Crippen molar-refractivity contribution < 1.29 is 9.84 Å². The molecule has 0 spiro atoms. The van der Waals surface area contributed by atoms with E-state index >= 15 is 0 Å². The van der Waals surface area contributed by atoms with Gasteiger partial charge in [-0.2, -0.15) is 0 Å². The summed E-state index contributed by atoms with van der Waals surface area (Å²) in [7, 11) is 0. The van der Waals surface area contributed by atoms with Crippen LogP contribution in [0.1, 0.15) is 26.7 Å². The van der Waals surface area contributed by atoms with Crippen LogP contribution < -0.4 is 0 Å². The van der Waals surface area contributed by atoms with E-state index in [1.54, 1.807) is 0 Å². The molecule has 2 atom stereocenters. The molecule has 1 fully saturated rings. The molecular weight excluding hydrogens is 140 g/mol. The Morgan fingerprint density at radius 3 is 2.64 bits per heavy atom. The average Bonchev–Trinajstić information content (AvgIpc) is 2.05. The highest BCUT2D eigenvalue weighted by molar-refractivity contribution is 4.73. The lowest BCUT2D eigenvalue weighted by Gasteiger charge is -2.28. The first kappa shape index (κ1) is 9.01. The molecule has 1 rings (SSSR count). The van der Waals surface area contributed by atoms with Crippen LogP contribution in [0.3, 0.4) is 0 Å². The van der Waals surface area contributed by atoms with Gasteiger partial charge in [0, 0.05) is 12.5 Å². The van der Waals surface area contributed by atoms with Crippen molar-refractivity contribution in [3.8, 4) is 0 Å². The Kier molecular flexibility index (Phi) is 3.34. The van der Waals surface area contributed by atoms with Crippen LogP contribution in [0.15, 0.2) is 0 Å². The quantitative estimate of drug-likeness (QED) is 0.658. The van der Waals surface area contributed by atoms with Crippen LogP contribution in [-0.2, 0) is 4.74 Å². The molecule has 0 aromatic rings. The van der Waals surface area contributed by atoms with E-state index in [2.05, 4.69) is 13.8 Å². The second kappa shape index (κ2) is 4.07. The van der Waals surface area contributed by atoms with E-state index in [1.807, 2.05) is 0 Å². The standard InChI is InChI=1S/C9H18O2/c1-7(2)9(10)8-4-3-5-11-6-8/h7-10H,3-6H2,1-2H3/t8-,9-/m0/s1. The molecule has 2 nitrogen and oxygen atoms in total. The van der Waals surface area contributed by atoms with E-state index in [4.69, 9.17) is 4.74 Å². The lowest BCUT2D eigenvalue weighted by Crippen LogP contribution is -2.32. The molecule has 1 saturated heterocycles. The molecule has 0 radical (unpaired) electrons. The van der Waals surface area contributed by atoms with Gasteiger partial charge in [-0.3, -0.25) is 0 Å². The first-order chi connectivity index (χ1) is 5.22. The predicted molar refractivity (Wildman–Crippen MR) is 44.4 cm³/mol. The fourth-order valence-corrected chi connectivity index (χ4v) is 1.58. The fourth-order valence-electron chi connectivity index (χ4n) is 1.58. The smallest absolute Gasteiger partial charge is 0.0613 e. The highest BCUT2D eigenvalue weighted by atomic mass is 16.5. The van der Waals surface area contributed by atoms with Crippen LogP contribution in [0.25, 0.3) is 0 Å². The zero-order chi connectivity index (χ0) is 8.27. The largest absolute Gasteiger partial charge is 0.392 e. The third kappa shape index (κ3) is 2.46. The normalized spacial score (nSPS) is 28.9. The summed E-state index contributed by atoms with van der Waals surface area (Å²) in [5.41, 5.74) is 0. The van der Waals surface area contributed by atoms with Crippen LogP contribution in [0.2, 0.25) is 0 Å². The first-order valence-electron chi connectivity index (χ1n) is 4.47. The molecular formula is C9H18O2. The van der Waals surface area contributed by atoms with Gasteiger partial charge in [-0.05, 0) is 18.8 Å². The van der Waals surface area contributed by atoms with E-state index in [1.165, 1.54) is 0 Å². The molecule has 0 aliphatic carbocycles. The summed E-state index contributed by atoms with van der Waals surface area (Å²) in [5.74, 6) is 0.741. The van der Waals surface area contributed by atoms with Crippen LogP contribution >= 0.6 is 0 Å². The Morgan fingerprint density at radius 2 is 2.18 bits per heavy atom. The van der Waals surface area contributed by atoms with Crippen LogP contribution in [-0.4, -0.2) is 24.4 Å². The van der Waals surface area contributed by atoms with E-state index in [-0.39, 0.29) is 6.10 Å². The molecule has 66 valence electrons. The number of ether oxygens (including phenoxy) is 1. The SMILES string of the molecule is CC(C)[C@H](O)[C@H]1CCCOC1. The zero-order valence-corrected chi connectivity index (χ0v) is 7.42. The summed E-state index contributed by atoms with van der Waals surface area (Å²) < 4.78 is 5.29. The molecule has 2 heteroatoms. The first-order valence-corrected chi connectivity index (χ1v) is 4.47. The molecule has 0 aromatic heterocycles. The lowest BCUT2D eigenvalue weighted by atomic mass is 9.89. The van der Waals surface area contributed by atoms with E-state index in [0.717, 1.165) is 26.1 Å². The molecule has 1 aliphatic rings. The van der Waals surface area contributed by atoms with Gasteiger partial charge in [0.05, 0.1) is 12.7 Å². The number of aliphatic hydroxyl groups is 1. The summed E-state index contributed by atoms with van der Waals surface area (Å²) in [4.78, 5) is 0. The van der Waals surface area contributed by atoms with Crippen LogP contribution in [0, 0.1) is 11.8 Å². The maximum atomic E-state index is 9.67. The maximum absolute atomic E-state index is 9.67. The summed E-state index contributed by atoms with van der Waals surface area (Å²) >= 11 is 0. The molecule has 1 heterocycles. The minimum atomic E-state index is -0.171. The van der Waals surface area contributed by atoms with Gasteiger partial charge >= 0.3 is 0 Å². The van der Waals surface area contributed by atoms with Gasteiger partial charge in [0.2, 0.25) is 0 Å². The second-order valence-corrected chi connectivity index (χ2v) is 3.71. The predicted octanol–water partition coefficient (Wildman–Crippen LogP) is 1.43. The minimum absolute atomic E-state index is 0.171. The maximum Gasteiger partial charge on any atom is 0.0613 e. The van der Waals surface area contributed by atoms with Crippen LogP contribution in [0.5, 0.6) is 0 Å². The third-order valence-corrected chi connectivity index (χ3v) is 2.36. The van der Waals surface area contributed by atoms with Gasteiger partial charge in [-0.25, -0.2) is 0 Å². The molecule has 1 aliphatic heterocycles. The van der Waals surface area contributed by atoms with E-state index in [9.17, 15) is 5.11 Å². The van der Waals surface area contributed by atoms with E-state index in [0.29, 0.717) is 11.8 Å². The topological polar surface area (TPSA) is 29.5 Å². The third-order valence-electron chi connectivity index (χ3n) is 2.36. The Balaban J connectivity index is 2.32.